The van der Waals surface area contributed by atoms with Crippen molar-refractivity contribution in [3.63, 3.8) is 0 Å². The molecular weight excluding hydrogens is 229 g/mol. The monoisotopic (exact) mass is 244 g/mol. The summed E-state index contributed by atoms with van der Waals surface area (Å²) in [5.41, 5.74) is 1.06. The van der Waals surface area contributed by atoms with Gasteiger partial charge in [-0.05, 0) is 12.0 Å². The second-order valence-corrected chi connectivity index (χ2v) is 3.76. The Morgan fingerprint density at radius 1 is 1.41 bits per heavy atom. The second-order valence-electron chi connectivity index (χ2n) is 3.76. The Morgan fingerprint density at radius 3 is 2.53 bits per heavy atom. The van der Waals surface area contributed by atoms with Crippen LogP contribution in [0.2, 0.25) is 0 Å². The Balaban J connectivity index is 3.25. The fourth-order valence-corrected chi connectivity index (χ4v) is 1.61. The first-order chi connectivity index (χ1) is 7.89. The first kappa shape index (κ1) is 13.6. The number of rotatable bonds is 4. The lowest BCUT2D eigenvalue weighted by molar-refractivity contribution is -0.275. The third-order valence-electron chi connectivity index (χ3n) is 2.57. The number of halogens is 3. The molecule has 0 aliphatic heterocycles. The molecule has 0 heterocycles. The summed E-state index contributed by atoms with van der Waals surface area (Å²) in [4.78, 5) is 0. The van der Waals surface area contributed by atoms with Gasteiger partial charge < -0.3 is 4.74 Å². The summed E-state index contributed by atoms with van der Waals surface area (Å²) < 4.78 is 41.2. The zero-order chi connectivity index (χ0) is 13.1. The zero-order valence-corrected chi connectivity index (χ0v) is 9.84. The van der Waals surface area contributed by atoms with E-state index >= 15 is 0 Å². The van der Waals surface area contributed by atoms with Gasteiger partial charge in [-0.25, -0.2) is 0 Å². The molecule has 1 rings (SSSR count). The largest absolute Gasteiger partial charge is 0.573 e. The summed E-state index contributed by atoms with van der Waals surface area (Å²) in [6.07, 6.45) is -2.58. The van der Waals surface area contributed by atoms with Crippen LogP contribution in [0.15, 0.2) is 30.9 Å². The molecule has 1 unspecified atom stereocenters. The fourth-order valence-electron chi connectivity index (χ4n) is 1.61. The minimum atomic E-state index is -4.67. The molecule has 0 N–H and O–H groups in total. The van der Waals surface area contributed by atoms with Gasteiger partial charge in [0.25, 0.3) is 0 Å². The summed E-state index contributed by atoms with van der Waals surface area (Å²) >= 11 is 0. The number of hydrogen-bond acceptors (Lipinski definition) is 1. The minimum absolute atomic E-state index is 0.0881. The predicted octanol–water partition coefficient (Wildman–Crippen LogP) is 4.44. The third-order valence-corrected chi connectivity index (χ3v) is 2.57. The van der Waals surface area contributed by atoms with Crippen molar-refractivity contribution < 1.29 is 17.9 Å². The quantitative estimate of drug-likeness (QED) is 0.711. The van der Waals surface area contributed by atoms with Gasteiger partial charge in [-0.15, -0.1) is 19.8 Å². The second kappa shape index (κ2) is 5.25. The van der Waals surface area contributed by atoms with Crippen LogP contribution < -0.4 is 4.74 Å². The molecule has 4 heteroatoms. The van der Waals surface area contributed by atoms with Gasteiger partial charge >= 0.3 is 6.36 Å². The SMILES string of the molecule is C=CC(C)c1cccc(CC)c1OC(F)(F)F. The highest BCUT2D eigenvalue weighted by molar-refractivity contribution is 5.44. The molecule has 0 fully saturated rings. The van der Waals surface area contributed by atoms with E-state index in [1.807, 2.05) is 0 Å². The lowest BCUT2D eigenvalue weighted by Gasteiger charge is -2.18. The smallest absolute Gasteiger partial charge is 0.405 e. The van der Waals surface area contributed by atoms with E-state index in [0.29, 0.717) is 17.5 Å². The maximum Gasteiger partial charge on any atom is 0.573 e. The summed E-state index contributed by atoms with van der Waals surface area (Å²) in [7, 11) is 0. The van der Waals surface area contributed by atoms with E-state index in [1.54, 1.807) is 38.1 Å². The van der Waals surface area contributed by atoms with Gasteiger partial charge in [0.15, 0.2) is 0 Å². The molecule has 0 aliphatic rings. The minimum Gasteiger partial charge on any atom is -0.405 e. The molecule has 1 aromatic rings. The van der Waals surface area contributed by atoms with Crippen LogP contribution in [0.3, 0.4) is 0 Å². The third kappa shape index (κ3) is 3.51. The lowest BCUT2D eigenvalue weighted by atomic mass is 9.97. The van der Waals surface area contributed by atoms with Crippen molar-refractivity contribution in [2.45, 2.75) is 32.5 Å². The number of aryl methyl sites for hydroxylation is 1. The number of alkyl halides is 3. The molecule has 0 bridgehead atoms. The van der Waals surface area contributed by atoms with E-state index in [9.17, 15) is 13.2 Å². The highest BCUT2D eigenvalue weighted by Crippen LogP contribution is 2.35. The van der Waals surface area contributed by atoms with Crippen LogP contribution in [0.1, 0.15) is 30.9 Å². The number of benzene rings is 1. The Kier molecular flexibility index (Phi) is 4.21. The number of hydrogen-bond donors (Lipinski definition) is 0. The van der Waals surface area contributed by atoms with E-state index in [4.69, 9.17) is 0 Å². The van der Waals surface area contributed by atoms with Gasteiger partial charge in [0, 0.05) is 11.5 Å². The number of para-hydroxylation sites is 1. The van der Waals surface area contributed by atoms with Crippen LogP contribution >= 0.6 is 0 Å². The van der Waals surface area contributed by atoms with Crippen molar-refractivity contribution in [2.75, 3.05) is 0 Å². The van der Waals surface area contributed by atoms with Crippen molar-refractivity contribution >= 4 is 0 Å². The van der Waals surface area contributed by atoms with Crippen molar-refractivity contribution in [2.24, 2.45) is 0 Å². The maximum atomic E-state index is 12.4. The van der Waals surface area contributed by atoms with Crippen LogP contribution in [0, 0.1) is 0 Å². The predicted molar refractivity (Wildman–Crippen MR) is 61.1 cm³/mol. The average Bonchev–Trinajstić information content (AvgIpc) is 2.26. The molecule has 0 saturated carbocycles. The van der Waals surface area contributed by atoms with E-state index in [-0.39, 0.29) is 11.7 Å². The zero-order valence-electron chi connectivity index (χ0n) is 9.84. The van der Waals surface area contributed by atoms with E-state index in [2.05, 4.69) is 11.3 Å². The lowest BCUT2D eigenvalue weighted by Crippen LogP contribution is -2.19. The Hall–Kier alpha value is -1.45. The van der Waals surface area contributed by atoms with Gasteiger partial charge in [-0.1, -0.05) is 38.1 Å². The summed E-state index contributed by atoms with van der Waals surface area (Å²) in [5, 5.41) is 0. The molecule has 1 aromatic carbocycles. The van der Waals surface area contributed by atoms with Gasteiger partial charge in [0.1, 0.15) is 5.75 Å². The molecule has 1 atom stereocenters. The normalized spacial score (nSPS) is 13.2. The maximum absolute atomic E-state index is 12.4. The first-order valence-corrected chi connectivity index (χ1v) is 5.39. The van der Waals surface area contributed by atoms with Gasteiger partial charge in [0.05, 0.1) is 0 Å². The van der Waals surface area contributed by atoms with Crippen molar-refractivity contribution in [3.05, 3.63) is 42.0 Å². The van der Waals surface area contributed by atoms with Crippen LogP contribution in [0.25, 0.3) is 0 Å². The molecular formula is C13H15F3O. The van der Waals surface area contributed by atoms with E-state index in [0.717, 1.165) is 0 Å². The van der Waals surface area contributed by atoms with Gasteiger partial charge in [-0.2, -0.15) is 0 Å². The Labute approximate surface area is 98.9 Å². The molecule has 0 aliphatic carbocycles. The van der Waals surface area contributed by atoms with Gasteiger partial charge in [-0.3, -0.25) is 0 Å². The highest BCUT2D eigenvalue weighted by Gasteiger charge is 2.33. The van der Waals surface area contributed by atoms with Crippen LogP contribution in [0.5, 0.6) is 5.75 Å². The summed E-state index contributed by atoms with van der Waals surface area (Å²) in [6.45, 7) is 7.17. The van der Waals surface area contributed by atoms with Crippen LogP contribution in [-0.4, -0.2) is 6.36 Å². The number of allylic oxidation sites excluding steroid dienone is 1. The fraction of sp³-hybridized carbons (Fsp3) is 0.385. The van der Waals surface area contributed by atoms with Crippen LogP contribution in [-0.2, 0) is 6.42 Å². The number of ether oxygens (including phenoxy) is 1. The van der Waals surface area contributed by atoms with Crippen molar-refractivity contribution in [3.8, 4) is 5.75 Å². The summed E-state index contributed by atoms with van der Waals surface area (Å²) in [5.74, 6) is -0.270. The van der Waals surface area contributed by atoms with Crippen molar-refractivity contribution in [1.29, 1.82) is 0 Å². The standard InChI is InChI=1S/C13H15F3O/c1-4-9(3)11-8-6-7-10(5-2)12(11)17-13(14,15)16/h4,6-9H,1,5H2,2-3H3. The molecule has 0 amide bonds. The molecule has 17 heavy (non-hydrogen) atoms. The summed E-state index contributed by atoms with van der Waals surface area (Å²) in [6, 6.07) is 5.00. The molecule has 0 spiro atoms. The molecule has 0 aromatic heterocycles. The van der Waals surface area contributed by atoms with E-state index in [1.165, 1.54) is 0 Å². The molecule has 0 saturated heterocycles. The molecule has 1 nitrogen and oxygen atoms in total. The van der Waals surface area contributed by atoms with Crippen LogP contribution in [0.4, 0.5) is 13.2 Å². The Morgan fingerprint density at radius 2 is 2.06 bits per heavy atom. The Bertz CT molecular complexity index is 396. The highest BCUT2D eigenvalue weighted by atomic mass is 19.4. The molecule has 94 valence electrons. The van der Waals surface area contributed by atoms with E-state index < -0.39 is 6.36 Å². The van der Waals surface area contributed by atoms with Crippen molar-refractivity contribution in [1.82, 2.24) is 0 Å². The van der Waals surface area contributed by atoms with Gasteiger partial charge in [0.2, 0.25) is 0 Å². The average molecular weight is 244 g/mol. The topological polar surface area (TPSA) is 9.23 Å². The first-order valence-electron chi connectivity index (χ1n) is 5.39. The molecule has 0 radical (unpaired) electrons.